The normalized spacial score (nSPS) is 24.0. The Morgan fingerprint density at radius 3 is 2.51 bits per heavy atom. The van der Waals surface area contributed by atoms with Crippen molar-refractivity contribution in [1.29, 1.82) is 0 Å². The second-order valence-corrected chi connectivity index (χ2v) is 22.3. The van der Waals surface area contributed by atoms with E-state index in [0.717, 1.165) is 75.2 Å². The fraction of sp³-hybridized carbons (Fsp3) is 0.510. The lowest BCUT2D eigenvalue weighted by atomic mass is 9.70. The third-order valence-electron chi connectivity index (χ3n) is 15.3. The molecule has 5 fully saturated rings. The molecule has 5 aliphatic rings. The summed E-state index contributed by atoms with van der Waals surface area (Å²) in [6.07, 6.45) is 10.9. The van der Waals surface area contributed by atoms with Crippen molar-refractivity contribution in [3.8, 4) is 17.4 Å². The summed E-state index contributed by atoms with van der Waals surface area (Å²) >= 11 is 0. The van der Waals surface area contributed by atoms with Crippen LogP contribution in [0.3, 0.4) is 0 Å². The molecule has 366 valence electrons. The minimum atomic E-state index is -4.68. The number of fused-ring (bicyclic) bond motifs is 1. The number of rotatable bonds is 15. The Morgan fingerprint density at radius 2 is 1.78 bits per heavy atom. The largest absolute Gasteiger partial charge is 0.467 e. The zero-order valence-corrected chi connectivity index (χ0v) is 40.3. The third-order valence-corrected chi connectivity index (χ3v) is 16.6. The lowest BCUT2D eigenvalue weighted by Crippen LogP contribution is -2.63. The number of carbonyl (C=O) groups excluding carboxylic acids is 1. The lowest BCUT2D eigenvalue weighted by Gasteiger charge is -2.57. The number of aliphatic hydroxyl groups is 1. The van der Waals surface area contributed by atoms with Crippen LogP contribution >= 0.6 is 0 Å². The van der Waals surface area contributed by atoms with Gasteiger partial charge in [-0.3, -0.25) is 19.8 Å². The van der Waals surface area contributed by atoms with Crippen molar-refractivity contribution < 1.29 is 37.5 Å². The van der Waals surface area contributed by atoms with E-state index < -0.39 is 37.0 Å². The number of likely N-dealkylation sites (tertiary alicyclic amines) is 1. The maximum Gasteiger partial charge on any atom is 0.312 e. The van der Waals surface area contributed by atoms with Crippen LogP contribution < -0.4 is 24.4 Å². The Hall–Kier alpha value is -5.82. The maximum absolute atomic E-state index is 14.2. The molecule has 1 spiro atoms. The first-order valence-electron chi connectivity index (χ1n) is 24.4. The number of sulfonamides is 1. The van der Waals surface area contributed by atoms with E-state index in [-0.39, 0.29) is 46.2 Å². The first kappa shape index (κ1) is 46.9. The van der Waals surface area contributed by atoms with Crippen molar-refractivity contribution in [3.63, 3.8) is 0 Å². The molecule has 3 saturated heterocycles. The van der Waals surface area contributed by atoms with Crippen LogP contribution in [0.2, 0.25) is 0 Å². The van der Waals surface area contributed by atoms with Crippen LogP contribution in [0.15, 0.2) is 78.0 Å². The van der Waals surface area contributed by atoms with Gasteiger partial charge in [-0.1, -0.05) is 44.5 Å². The smallest absolute Gasteiger partial charge is 0.312 e. The van der Waals surface area contributed by atoms with Crippen LogP contribution in [-0.2, 0) is 14.8 Å². The van der Waals surface area contributed by atoms with E-state index in [0.29, 0.717) is 56.1 Å². The van der Waals surface area contributed by atoms with Gasteiger partial charge < -0.3 is 34.5 Å². The number of nitrogens with zero attached hydrogens (tertiary/aromatic N) is 5. The molecule has 2 saturated carbocycles. The predicted octanol–water partition coefficient (Wildman–Crippen LogP) is 8.27. The number of ether oxygens (including phenoxy) is 3. The van der Waals surface area contributed by atoms with Gasteiger partial charge in [-0.25, -0.2) is 18.1 Å². The fourth-order valence-corrected chi connectivity index (χ4v) is 12.1. The van der Waals surface area contributed by atoms with Crippen LogP contribution in [0.5, 0.6) is 17.4 Å². The number of aromatic amines is 1. The molecule has 18 heteroatoms. The number of amides is 1. The second kappa shape index (κ2) is 18.8. The number of carbonyl (C=O) groups is 1. The van der Waals surface area contributed by atoms with Gasteiger partial charge >= 0.3 is 5.69 Å². The van der Waals surface area contributed by atoms with E-state index in [1.807, 2.05) is 6.07 Å². The number of hydrogen-bond donors (Lipinski definition) is 4. The molecule has 3 aliphatic heterocycles. The Labute approximate surface area is 402 Å². The summed E-state index contributed by atoms with van der Waals surface area (Å²) in [6.45, 7) is 11.3. The van der Waals surface area contributed by atoms with Crippen molar-refractivity contribution in [2.75, 3.05) is 56.2 Å². The summed E-state index contributed by atoms with van der Waals surface area (Å²) in [7, 11) is -4.68. The van der Waals surface area contributed by atoms with Crippen LogP contribution in [0.4, 0.5) is 17.2 Å². The number of anilines is 2. The summed E-state index contributed by atoms with van der Waals surface area (Å²) in [5.74, 6) is 0.579. The molecule has 2 atom stereocenters. The van der Waals surface area contributed by atoms with E-state index in [4.69, 9.17) is 14.2 Å². The summed E-state index contributed by atoms with van der Waals surface area (Å²) in [6, 6.07) is 19.1. The lowest BCUT2D eigenvalue weighted by molar-refractivity contribution is -0.384. The van der Waals surface area contributed by atoms with Crippen LogP contribution in [0, 0.1) is 21.4 Å². The molecule has 0 bridgehead atoms. The highest BCUT2D eigenvalue weighted by molar-refractivity contribution is 7.90. The summed E-state index contributed by atoms with van der Waals surface area (Å²) < 4.78 is 48.0. The number of nitro groups is 1. The van der Waals surface area contributed by atoms with E-state index in [9.17, 15) is 28.4 Å². The number of pyridine rings is 2. The number of piperidine rings is 1. The average Bonchev–Trinajstić information content (AvgIpc) is 3.98. The number of benzene rings is 2. The highest BCUT2D eigenvalue weighted by Gasteiger charge is 2.49. The summed E-state index contributed by atoms with van der Waals surface area (Å²) in [5.41, 5.74) is 3.23. The Balaban J connectivity index is 0.874. The van der Waals surface area contributed by atoms with Crippen molar-refractivity contribution in [3.05, 3.63) is 99.9 Å². The molecule has 69 heavy (non-hydrogen) atoms. The summed E-state index contributed by atoms with van der Waals surface area (Å²) in [5, 5.41) is 26.3. The van der Waals surface area contributed by atoms with E-state index >= 15 is 0 Å². The first-order valence-corrected chi connectivity index (χ1v) is 25.9. The number of nitrogens with one attached hydrogen (secondary N) is 3. The molecule has 6 heterocycles. The second-order valence-electron chi connectivity index (χ2n) is 20.6. The zero-order valence-electron chi connectivity index (χ0n) is 39.5. The molecule has 4 N–H and O–H groups in total. The molecule has 0 unspecified atom stereocenters. The molecule has 2 aromatic carbocycles. The van der Waals surface area contributed by atoms with Crippen molar-refractivity contribution in [2.45, 2.75) is 113 Å². The van der Waals surface area contributed by atoms with E-state index in [1.165, 1.54) is 30.4 Å². The molecule has 3 aromatic heterocycles. The number of aromatic nitrogens is 3. The molecule has 2 aliphatic carbocycles. The van der Waals surface area contributed by atoms with Crippen molar-refractivity contribution in [2.24, 2.45) is 11.3 Å². The zero-order chi connectivity index (χ0) is 48.1. The summed E-state index contributed by atoms with van der Waals surface area (Å²) in [4.78, 5) is 42.1. The molecular weight excluding hydrogens is 901 g/mol. The van der Waals surface area contributed by atoms with Gasteiger partial charge in [-0.2, -0.15) is 4.98 Å². The topological polar surface area (TPSA) is 214 Å². The van der Waals surface area contributed by atoms with Crippen molar-refractivity contribution >= 4 is 44.2 Å². The van der Waals surface area contributed by atoms with Crippen LogP contribution in [0.25, 0.3) is 11.0 Å². The van der Waals surface area contributed by atoms with Gasteiger partial charge in [0.2, 0.25) is 5.82 Å². The fourth-order valence-electron chi connectivity index (χ4n) is 11.2. The highest BCUT2D eigenvalue weighted by Crippen LogP contribution is 2.49. The molecule has 17 nitrogen and oxygen atoms in total. The predicted molar refractivity (Wildman–Crippen MR) is 261 cm³/mol. The minimum Gasteiger partial charge on any atom is -0.467 e. The highest BCUT2D eigenvalue weighted by atomic mass is 32.2. The number of H-pyrrole nitrogens is 1. The Morgan fingerprint density at radius 1 is 1.01 bits per heavy atom. The molecule has 0 radical (unpaired) electrons. The van der Waals surface area contributed by atoms with Gasteiger partial charge in [0.15, 0.2) is 5.75 Å². The Kier molecular flexibility index (Phi) is 12.8. The molecule has 5 aromatic rings. The van der Waals surface area contributed by atoms with Crippen LogP contribution in [0.1, 0.15) is 112 Å². The first-order chi connectivity index (χ1) is 33.1. The van der Waals surface area contributed by atoms with E-state index in [1.54, 1.807) is 37.4 Å². The standard InChI is InChI=1S/C51H62N8O9S/c1-32(2)38-7-4-5-8-39(38)40-9-6-10-42(40)58-30-51(31-58)18-21-57(22-19-51)35-11-12-41(44(24-35)68-45-23-34-15-20-52-46(34)55-49(45)67-36-28-66-29-36)48(60)56-69(64,65)37-25-43(59(62)63)47(54-27-37)53-26-33-13-16-50(3,61)17-14-33/h4-5,7-8,11-12,15,20,23-25,27,32-33,36,40,42,61H,6,9-10,13-14,16-19,21-22,26,28-31H2,1-3H3,(H,52,55)(H,53,54)(H,56,60)/t33-,40-,42-,50-/m0/s1. The van der Waals surface area contributed by atoms with Gasteiger partial charge in [0.05, 0.1) is 35.5 Å². The number of hydrogen-bond acceptors (Lipinski definition) is 14. The van der Waals surface area contributed by atoms with E-state index in [2.05, 4.69) is 72.9 Å². The minimum absolute atomic E-state index is 0.0727. The van der Waals surface area contributed by atoms with Gasteiger partial charge in [-0.05, 0) is 117 Å². The van der Waals surface area contributed by atoms with Gasteiger partial charge in [0.25, 0.3) is 21.8 Å². The third kappa shape index (κ3) is 9.85. The van der Waals surface area contributed by atoms with Gasteiger partial charge in [-0.15, -0.1) is 0 Å². The maximum atomic E-state index is 14.2. The quantitative estimate of drug-likeness (QED) is 0.0574. The van der Waals surface area contributed by atoms with Gasteiger partial charge in [0, 0.05) is 68.2 Å². The Bertz CT molecular complexity index is 2820. The average molecular weight is 963 g/mol. The monoisotopic (exact) mass is 962 g/mol. The molecule has 10 rings (SSSR count). The van der Waals surface area contributed by atoms with Crippen molar-refractivity contribution in [1.82, 2.24) is 24.6 Å². The van der Waals surface area contributed by atoms with Gasteiger partial charge in [0.1, 0.15) is 22.4 Å². The van der Waals surface area contributed by atoms with Crippen LogP contribution in [-0.4, -0.2) is 108 Å². The SMILES string of the molecule is CC(C)c1ccccc1[C@@H]1CCC[C@@H]1N1CC2(CCN(c3ccc(C(=O)NS(=O)(=O)c4cnc(NC[C@H]5CC[C@](C)(O)CC5)c([N+](=O)[O-])c4)c(Oc4cc5cc[nH]c5nc4OC4COC4)c3)CC2)C1. The molecular formula is C51H62N8O9S. The molecule has 1 amide bonds.